The highest BCUT2D eigenvalue weighted by atomic mass is 16.5. The van der Waals surface area contributed by atoms with Crippen molar-refractivity contribution in [2.24, 2.45) is 11.7 Å². The average Bonchev–Trinajstić information content (AvgIpc) is 2.77. The first-order valence-electron chi connectivity index (χ1n) is 6.39. The second-order valence-corrected chi connectivity index (χ2v) is 5.21. The van der Waals surface area contributed by atoms with Gasteiger partial charge in [0.15, 0.2) is 5.82 Å². The molecule has 2 N–H and O–H groups in total. The summed E-state index contributed by atoms with van der Waals surface area (Å²) < 4.78 is 5.27. The van der Waals surface area contributed by atoms with Gasteiger partial charge in [-0.2, -0.15) is 4.98 Å². The summed E-state index contributed by atoms with van der Waals surface area (Å²) in [5, 5.41) is 3.96. The molecule has 5 heteroatoms. The van der Waals surface area contributed by atoms with Crippen molar-refractivity contribution < 1.29 is 4.52 Å². The third kappa shape index (κ3) is 3.26. The Labute approximate surface area is 102 Å². The SMILES string of the molecule is CN(C)Cc1noc(C(N)C2CCCCC2)n1. The zero-order valence-corrected chi connectivity index (χ0v) is 10.7. The molecule has 1 heterocycles. The van der Waals surface area contributed by atoms with Crippen LogP contribution in [0.15, 0.2) is 4.52 Å². The van der Waals surface area contributed by atoms with E-state index in [0.29, 0.717) is 18.4 Å². The third-order valence-electron chi connectivity index (χ3n) is 3.38. The molecule has 0 amide bonds. The Hall–Kier alpha value is -0.940. The minimum absolute atomic E-state index is 0.0845. The molecule has 17 heavy (non-hydrogen) atoms. The molecule has 0 spiro atoms. The van der Waals surface area contributed by atoms with Crippen LogP contribution in [0.4, 0.5) is 0 Å². The number of nitrogens with two attached hydrogens (primary N) is 1. The summed E-state index contributed by atoms with van der Waals surface area (Å²) in [6, 6.07) is -0.0845. The van der Waals surface area contributed by atoms with Gasteiger partial charge in [0.1, 0.15) is 0 Å². The van der Waals surface area contributed by atoms with Crippen molar-refractivity contribution in [3.05, 3.63) is 11.7 Å². The van der Waals surface area contributed by atoms with Gasteiger partial charge in [-0.15, -0.1) is 0 Å². The highest BCUT2D eigenvalue weighted by Crippen LogP contribution is 2.32. The van der Waals surface area contributed by atoms with Crippen LogP contribution in [0.25, 0.3) is 0 Å². The van der Waals surface area contributed by atoms with Crippen LogP contribution in [-0.4, -0.2) is 29.1 Å². The van der Waals surface area contributed by atoms with E-state index in [0.717, 1.165) is 5.82 Å². The number of aromatic nitrogens is 2. The largest absolute Gasteiger partial charge is 0.338 e. The van der Waals surface area contributed by atoms with E-state index in [1.807, 2.05) is 19.0 Å². The first-order valence-corrected chi connectivity index (χ1v) is 6.39. The van der Waals surface area contributed by atoms with E-state index in [4.69, 9.17) is 10.3 Å². The number of hydrogen-bond donors (Lipinski definition) is 1. The fourth-order valence-corrected chi connectivity index (χ4v) is 2.44. The number of rotatable bonds is 4. The summed E-state index contributed by atoms with van der Waals surface area (Å²) in [7, 11) is 3.97. The van der Waals surface area contributed by atoms with E-state index < -0.39 is 0 Å². The highest BCUT2D eigenvalue weighted by Gasteiger charge is 2.26. The average molecular weight is 238 g/mol. The Bertz CT molecular complexity index is 344. The Morgan fingerprint density at radius 3 is 2.71 bits per heavy atom. The maximum atomic E-state index is 6.20. The van der Waals surface area contributed by atoms with Crippen molar-refractivity contribution in [2.75, 3.05) is 14.1 Å². The Morgan fingerprint density at radius 2 is 2.06 bits per heavy atom. The lowest BCUT2D eigenvalue weighted by Gasteiger charge is -2.24. The molecular formula is C12H22N4O. The van der Waals surface area contributed by atoms with Gasteiger partial charge < -0.3 is 15.2 Å². The van der Waals surface area contributed by atoms with E-state index in [-0.39, 0.29) is 6.04 Å². The van der Waals surface area contributed by atoms with Crippen LogP contribution >= 0.6 is 0 Å². The summed E-state index contributed by atoms with van der Waals surface area (Å²) in [6.45, 7) is 0.695. The molecule has 1 aliphatic carbocycles. The van der Waals surface area contributed by atoms with Gasteiger partial charge >= 0.3 is 0 Å². The maximum absolute atomic E-state index is 6.20. The van der Waals surface area contributed by atoms with Crippen molar-refractivity contribution in [2.45, 2.75) is 44.7 Å². The van der Waals surface area contributed by atoms with Gasteiger partial charge in [-0.25, -0.2) is 0 Å². The van der Waals surface area contributed by atoms with E-state index in [1.165, 1.54) is 32.1 Å². The van der Waals surface area contributed by atoms with Gasteiger partial charge in [0.2, 0.25) is 5.89 Å². The fraction of sp³-hybridized carbons (Fsp3) is 0.833. The minimum atomic E-state index is -0.0845. The molecule has 1 unspecified atom stereocenters. The predicted molar refractivity (Wildman–Crippen MR) is 65.2 cm³/mol. The first-order chi connectivity index (χ1) is 8.16. The van der Waals surface area contributed by atoms with Crippen molar-refractivity contribution in [3.8, 4) is 0 Å². The zero-order chi connectivity index (χ0) is 12.3. The minimum Gasteiger partial charge on any atom is -0.338 e. The van der Waals surface area contributed by atoms with Gasteiger partial charge in [0.25, 0.3) is 0 Å². The predicted octanol–water partition coefficient (Wildman–Crippen LogP) is 1.71. The summed E-state index contributed by atoms with van der Waals surface area (Å²) in [5.74, 6) is 1.83. The van der Waals surface area contributed by atoms with Crippen LogP contribution < -0.4 is 5.73 Å². The van der Waals surface area contributed by atoms with Crippen LogP contribution in [0.3, 0.4) is 0 Å². The molecule has 5 nitrogen and oxygen atoms in total. The molecule has 1 aliphatic rings. The van der Waals surface area contributed by atoms with Crippen molar-refractivity contribution in [1.82, 2.24) is 15.0 Å². The molecule has 1 saturated carbocycles. The van der Waals surface area contributed by atoms with E-state index in [2.05, 4.69) is 10.1 Å². The van der Waals surface area contributed by atoms with Gasteiger partial charge in [0, 0.05) is 0 Å². The second kappa shape index (κ2) is 5.60. The molecule has 0 radical (unpaired) electrons. The summed E-state index contributed by atoms with van der Waals surface area (Å²) in [4.78, 5) is 6.40. The molecule has 0 bridgehead atoms. The van der Waals surface area contributed by atoms with Gasteiger partial charge in [-0.1, -0.05) is 24.4 Å². The first kappa shape index (κ1) is 12.5. The topological polar surface area (TPSA) is 68.2 Å². The Kier molecular flexibility index (Phi) is 4.12. The smallest absolute Gasteiger partial charge is 0.243 e. The summed E-state index contributed by atoms with van der Waals surface area (Å²) >= 11 is 0. The molecule has 0 saturated heterocycles. The molecule has 1 atom stereocenters. The lowest BCUT2D eigenvalue weighted by Crippen LogP contribution is -2.24. The lowest BCUT2D eigenvalue weighted by atomic mass is 9.84. The number of hydrogen-bond acceptors (Lipinski definition) is 5. The van der Waals surface area contributed by atoms with Gasteiger partial charge in [-0.3, -0.25) is 0 Å². The molecule has 1 aromatic rings. The van der Waals surface area contributed by atoms with Crippen LogP contribution in [0.2, 0.25) is 0 Å². The van der Waals surface area contributed by atoms with Crippen LogP contribution in [0, 0.1) is 5.92 Å². The Balaban J connectivity index is 1.98. The third-order valence-corrected chi connectivity index (χ3v) is 3.38. The van der Waals surface area contributed by atoms with E-state index >= 15 is 0 Å². The lowest BCUT2D eigenvalue weighted by molar-refractivity contribution is 0.254. The Morgan fingerprint density at radius 1 is 1.35 bits per heavy atom. The molecule has 0 aliphatic heterocycles. The molecule has 2 rings (SSSR count). The summed E-state index contributed by atoms with van der Waals surface area (Å²) in [6.07, 6.45) is 6.26. The van der Waals surface area contributed by atoms with Crippen molar-refractivity contribution in [1.29, 1.82) is 0 Å². The molecular weight excluding hydrogens is 216 g/mol. The van der Waals surface area contributed by atoms with Crippen LogP contribution in [0.5, 0.6) is 0 Å². The zero-order valence-electron chi connectivity index (χ0n) is 10.7. The van der Waals surface area contributed by atoms with Crippen LogP contribution in [-0.2, 0) is 6.54 Å². The molecule has 1 fully saturated rings. The summed E-state index contributed by atoms with van der Waals surface area (Å²) in [5.41, 5.74) is 6.20. The monoisotopic (exact) mass is 238 g/mol. The fourth-order valence-electron chi connectivity index (χ4n) is 2.44. The van der Waals surface area contributed by atoms with Gasteiger partial charge in [0.05, 0.1) is 12.6 Å². The molecule has 0 aromatic carbocycles. The van der Waals surface area contributed by atoms with E-state index in [9.17, 15) is 0 Å². The van der Waals surface area contributed by atoms with Crippen LogP contribution in [0.1, 0.15) is 49.9 Å². The van der Waals surface area contributed by atoms with E-state index in [1.54, 1.807) is 0 Å². The normalized spacial score (nSPS) is 19.8. The number of nitrogens with zero attached hydrogens (tertiary/aromatic N) is 3. The van der Waals surface area contributed by atoms with Gasteiger partial charge in [-0.05, 0) is 32.9 Å². The van der Waals surface area contributed by atoms with Crippen molar-refractivity contribution >= 4 is 0 Å². The quantitative estimate of drug-likeness (QED) is 0.865. The van der Waals surface area contributed by atoms with Crippen molar-refractivity contribution in [3.63, 3.8) is 0 Å². The molecule has 96 valence electrons. The maximum Gasteiger partial charge on any atom is 0.243 e. The standard InChI is InChI=1S/C12H22N4O/c1-16(2)8-10-14-12(17-15-10)11(13)9-6-4-3-5-7-9/h9,11H,3-8,13H2,1-2H3. The molecule has 1 aromatic heterocycles. The second-order valence-electron chi connectivity index (χ2n) is 5.21. The highest BCUT2D eigenvalue weighted by molar-refractivity contribution is 4.95.